The van der Waals surface area contributed by atoms with Gasteiger partial charge in [0, 0.05) is 25.7 Å². The standard InChI is InChI=1S/C13H22ClN5O/c1-5-13(2,3)18(4)11-15-10(14)16-12(17-11)19-6-8-20-9-7-19/h5-9H2,1-4H3. The van der Waals surface area contributed by atoms with Gasteiger partial charge in [-0.05, 0) is 31.9 Å². The first-order chi connectivity index (χ1) is 9.44. The van der Waals surface area contributed by atoms with Crippen LogP contribution in [0.4, 0.5) is 11.9 Å². The Hall–Kier alpha value is -1.14. The summed E-state index contributed by atoms with van der Waals surface area (Å²) in [6.07, 6.45) is 0.986. The van der Waals surface area contributed by atoms with Crippen LogP contribution in [0.2, 0.25) is 5.28 Å². The van der Waals surface area contributed by atoms with Gasteiger partial charge in [-0.3, -0.25) is 0 Å². The highest BCUT2D eigenvalue weighted by Crippen LogP contribution is 2.24. The number of hydrogen-bond acceptors (Lipinski definition) is 6. The molecule has 0 unspecified atom stereocenters. The maximum Gasteiger partial charge on any atom is 0.231 e. The van der Waals surface area contributed by atoms with Crippen molar-refractivity contribution < 1.29 is 4.74 Å². The number of anilines is 2. The van der Waals surface area contributed by atoms with Gasteiger partial charge in [-0.1, -0.05) is 6.92 Å². The average molecular weight is 300 g/mol. The maximum absolute atomic E-state index is 6.06. The van der Waals surface area contributed by atoms with Gasteiger partial charge in [0.2, 0.25) is 17.2 Å². The van der Waals surface area contributed by atoms with Gasteiger partial charge < -0.3 is 14.5 Å². The van der Waals surface area contributed by atoms with Gasteiger partial charge in [0.25, 0.3) is 0 Å². The number of morpholine rings is 1. The molecule has 2 rings (SSSR count). The van der Waals surface area contributed by atoms with E-state index in [1.165, 1.54) is 0 Å². The first kappa shape index (κ1) is 15.3. The summed E-state index contributed by atoms with van der Waals surface area (Å²) in [6.45, 7) is 9.38. The number of aromatic nitrogens is 3. The Morgan fingerprint density at radius 3 is 2.50 bits per heavy atom. The fourth-order valence-electron chi connectivity index (χ4n) is 1.89. The summed E-state index contributed by atoms with van der Waals surface area (Å²) in [5.74, 6) is 1.24. The zero-order valence-corrected chi connectivity index (χ0v) is 13.3. The van der Waals surface area contributed by atoms with Crippen LogP contribution in [0.3, 0.4) is 0 Å². The van der Waals surface area contributed by atoms with E-state index in [1.807, 2.05) is 11.9 Å². The molecule has 112 valence electrons. The second-order valence-corrected chi connectivity index (χ2v) is 5.87. The fourth-order valence-corrected chi connectivity index (χ4v) is 2.04. The molecule has 1 aliphatic heterocycles. The third-order valence-electron chi connectivity index (χ3n) is 3.95. The molecule has 20 heavy (non-hydrogen) atoms. The van der Waals surface area contributed by atoms with E-state index in [0.29, 0.717) is 25.1 Å². The van der Waals surface area contributed by atoms with E-state index < -0.39 is 0 Å². The van der Waals surface area contributed by atoms with Crippen LogP contribution in [0.1, 0.15) is 27.2 Å². The predicted molar refractivity (Wildman–Crippen MR) is 80.6 cm³/mol. The van der Waals surface area contributed by atoms with E-state index >= 15 is 0 Å². The van der Waals surface area contributed by atoms with Crippen molar-refractivity contribution in [3.05, 3.63) is 5.28 Å². The molecule has 1 aromatic heterocycles. The van der Waals surface area contributed by atoms with Crippen molar-refractivity contribution in [1.29, 1.82) is 0 Å². The normalized spacial score (nSPS) is 16.4. The lowest BCUT2D eigenvalue weighted by atomic mass is 10.0. The summed E-state index contributed by atoms with van der Waals surface area (Å²) >= 11 is 6.06. The summed E-state index contributed by atoms with van der Waals surface area (Å²) in [5, 5.41) is 0.232. The van der Waals surface area contributed by atoms with Crippen molar-refractivity contribution in [3.63, 3.8) is 0 Å². The minimum Gasteiger partial charge on any atom is -0.378 e. The van der Waals surface area contributed by atoms with Crippen LogP contribution in [0.5, 0.6) is 0 Å². The summed E-state index contributed by atoms with van der Waals surface area (Å²) in [4.78, 5) is 17.2. The predicted octanol–water partition coefficient (Wildman–Crippen LogP) is 1.99. The third kappa shape index (κ3) is 3.30. The Morgan fingerprint density at radius 1 is 1.25 bits per heavy atom. The molecule has 1 fully saturated rings. The number of halogens is 1. The van der Waals surface area contributed by atoms with E-state index in [9.17, 15) is 0 Å². The molecule has 0 bridgehead atoms. The second kappa shape index (κ2) is 6.10. The van der Waals surface area contributed by atoms with Crippen LogP contribution in [0.25, 0.3) is 0 Å². The minimum absolute atomic E-state index is 0.0348. The number of ether oxygens (including phenoxy) is 1. The largest absolute Gasteiger partial charge is 0.378 e. The summed E-state index contributed by atoms with van der Waals surface area (Å²) in [7, 11) is 1.98. The van der Waals surface area contributed by atoms with Gasteiger partial charge in [0.05, 0.1) is 13.2 Å². The Bertz CT molecular complexity index is 462. The van der Waals surface area contributed by atoms with Crippen molar-refractivity contribution in [3.8, 4) is 0 Å². The molecule has 0 aromatic carbocycles. The summed E-state index contributed by atoms with van der Waals surface area (Å²) in [5.41, 5.74) is -0.0348. The topological polar surface area (TPSA) is 54.4 Å². The monoisotopic (exact) mass is 299 g/mol. The molecule has 1 saturated heterocycles. The third-order valence-corrected chi connectivity index (χ3v) is 4.12. The molecular formula is C13H22ClN5O. The van der Waals surface area contributed by atoms with Crippen molar-refractivity contribution in [1.82, 2.24) is 15.0 Å². The molecule has 0 atom stereocenters. The molecule has 0 N–H and O–H groups in total. The Kier molecular flexibility index (Phi) is 4.65. The first-order valence-corrected chi connectivity index (χ1v) is 7.30. The van der Waals surface area contributed by atoms with Gasteiger partial charge in [0.15, 0.2) is 0 Å². The van der Waals surface area contributed by atoms with Crippen LogP contribution in [-0.2, 0) is 4.74 Å². The van der Waals surface area contributed by atoms with Gasteiger partial charge in [-0.15, -0.1) is 0 Å². The van der Waals surface area contributed by atoms with Crippen LogP contribution in [0.15, 0.2) is 0 Å². The van der Waals surface area contributed by atoms with Gasteiger partial charge in [0.1, 0.15) is 0 Å². The zero-order chi connectivity index (χ0) is 14.8. The van der Waals surface area contributed by atoms with E-state index in [4.69, 9.17) is 16.3 Å². The van der Waals surface area contributed by atoms with E-state index in [1.54, 1.807) is 0 Å². The fraction of sp³-hybridized carbons (Fsp3) is 0.769. The molecule has 0 saturated carbocycles. The van der Waals surface area contributed by atoms with Gasteiger partial charge >= 0.3 is 0 Å². The summed E-state index contributed by atoms with van der Waals surface area (Å²) in [6, 6.07) is 0. The Labute approximate surface area is 125 Å². The average Bonchev–Trinajstić information content (AvgIpc) is 2.46. The number of hydrogen-bond donors (Lipinski definition) is 0. The molecular weight excluding hydrogens is 278 g/mol. The lowest BCUT2D eigenvalue weighted by Gasteiger charge is -2.35. The Balaban J connectivity index is 2.28. The smallest absolute Gasteiger partial charge is 0.231 e. The van der Waals surface area contributed by atoms with Crippen LogP contribution in [-0.4, -0.2) is 53.8 Å². The zero-order valence-electron chi connectivity index (χ0n) is 12.6. The highest BCUT2D eigenvalue weighted by Gasteiger charge is 2.25. The first-order valence-electron chi connectivity index (χ1n) is 6.92. The van der Waals surface area contributed by atoms with Crippen LogP contribution >= 0.6 is 11.6 Å². The lowest BCUT2D eigenvalue weighted by molar-refractivity contribution is 0.122. The lowest BCUT2D eigenvalue weighted by Crippen LogP contribution is -2.42. The van der Waals surface area contributed by atoms with Crippen molar-refractivity contribution in [2.45, 2.75) is 32.7 Å². The van der Waals surface area contributed by atoms with Crippen molar-refractivity contribution in [2.75, 3.05) is 43.2 Å². The number of nitrogens with zero attached hydrogens (tertiary/aromatic N) is 5. The molecule has 1 aromatic rings. The molecule has 0 radical (unpaired) electrons. The van der Waals surface area contributed by atoms with E-state index in [-0.39, 0.29) is 10.8 Å². The highest BCUT2D eigenvalue weighted by atomic mass is 35.5. The van der Waals surface area contributed by atoms with Gasteiger partial charge in [-0.25, -0.2) is 0 Å². The Morgan fingerprint density at radius 2 is 1.90 bits per heavy atom. The maximum atomic E-state index is 6.06. The molecule has 0 spiro atoms. The minimum atomic E-state index is -0.0348. The molecule has 0 amide bonds. The second-order valence-electron chi connectivity index (χ2n) is 5.53. The highest BCUT2D eigenvalue weighted by molar-refractivity contribution is 6.28. The number of rotatable bonds is 4. The van der Waals surface area contributed by atoms with Crippen LogP contribution < -0.4 is 9.80 Å². The van der Waals surface area contributed by atoms with Gasteiger partial charge in [-0.2, -0.15) is 15.0 Å². The van der Waals surface area contributed by atoms with E-state index in [2.05, 4.69) is 40.6 Å². The van der Waals surface area contributed by atoms with Crippen molar-refractivity contribution in [2.24, 2.45) is 0 Å². The van der Waals surface area contributed by atoms with Crippen LogP contribution in [0, 0.1) is 0 Å². The quantitative estimate of drug-likeness (QED) is 0.847. The molecule has 7 heteroatoms. The molecule has 0 aliphatic carbocycles. The SMILES string of the molecule is CCC(C)(C)N(C)c1nc(Cl)nc(N2CCOCC2)n1. The molecule has 2 heterocycles. The molecule has 6 nitrogen and oxygen atoms in total. The summed E-state index contributed by atoms with van der Waals surface area (Å²) < 4.78 is 5.34. The van der Waals surface area contributed by atoms with Crippen molar-refractivity contribution >= 4 is 23.5 Å². The molecule has 1 aliphatic rings. The van der Waals surface area contributed by atoms with E-state index in [0.717, 1.165) is 19.5 Å².